The molecule has 0 saturated carbocycles. The number of benzene rings is 7. The average Bonchev–Trinajstić information content (AvgIpc) is 3.06. The Morgan fingerprint density at radius 2 is 0.829 bits per heavy atom. The minimum atomic E-state index is 1.12. The molecule has 0 N–H and O–H groups in total. The molecule has 41 heavy (non-hydrogen) atoms. The normalized spacial score (nSPS) is 10.9. The summed E-state index contributed by atoms with van der Waals surface area (Å²) in [6.07, 6.45) is 0. The maximum atomic E-state index is 2.36. The standard InChI is InChI=1S/C40H29N/c1-3-13-30(14-4-1)31-25-27-36(28-26-31)41(35-19-5-2-6-20-35)40-24-10-9-22-39(40)34-18-11-17-33(29-34)38-23-12-16-32-15-7-8-21-37(32)38/h1-29H. The molecule has 0 spiro atoms. The van der Waals surface area contributed by atoms with Gasteiger partial charge in [-0.15, -0.1) is 0 Å². The number of fused-ring (bicyclic) bond motifs is 1. The lowest BCUT2D eigenvalue weighted by atomic mass is 9.94. The van der Waals surface area contributed by atoms with Crippen LogP contribution in [0.5, 0.6) is 0 Å². The fraction of sp³-hybridized carbons (Fsp3) is 0. The van der Waals surface area contributed by atoms with E-state index in [-0.39, 0.29) is 0 Å². The summed E-state index contributed by atoms with van der Waals surface area (Å²) in [5, 5.41) is 2.52. The van der Waals surface area contributed by atoms with E-state index in [9.17, 15) is 0 Å². The lowest BCUT2D eigenvalue weighted by Gasteiger charge is -2.28. The van der Waals surface area contributed by atoms with E-state index in [0.717, 1.165) is 17.1 Å². The number of hydrogen-bond acceptors (Lipinski definition) is 1. The first-order valence-corrected chi connectivity index (χ1v) is 14.0. The van der Waals surface area contributed by atoms with Gasteiger partial charge in [-0.25, -0.2) is 0 Å². The van der Waals surface area contributed by atoms with Crippen molar-refractivity contribution in [3.05, 3.63) is 176 Å². The van der Waals surface area contributed by atoms with E-state index in [2.05, 4.69) is 181 Å². The van der Waals surface area contributed by atoms with E-state index in [1.54, 1.807) is 0 Å². The second-order valence-corrected chi connectivity index (χ2v) is 10.2. The van der Waals surface area contributed by atoms with Gasteiger partial charge >= 0.3 is 0 Å². The molecule has 7 rings (SSSR count). The van der Waals surface area contributed by atoms with Gasteiger partial charge in [0, 0.05) is 16.9 Å². The fourth-order valence-corrected chi connectivity index (χ4v) is 5.68. The SMILES string of the molecule is c1ccc(-c2ccc(N(c3ccccc3)c3ccccc3-c3cccc(-c4cccc5ccccc45)c3)cc2)cc1. The number of para-hydroxylation sites is 2. The van der Waals surface area contributed by atoms with E-state index >= 15 is 0 Å². The molecule has 1 nitrogen and oxygen atoms in total. The van der Waals surface area contributed by atoms with Crippen LogP contribution >= 0.6 is 0 Å². The summed E-state index contributed by atoms with van der Waals surface area (Å²) >= 11 is 0. The lowest BCUT2D eigenvalue weighted by molar-refractivity contribution is 1.28. The molecule has 0 bridgehead atoms. The van der Waals surface area contributed by atoms with Crippen molar-refractivity contribution in [2.24, 2.45) is 0 Å². The van der Waals surface area contributed by atoms with Gasteiger partial charge in [-0.2, -0.15) is 0 Å². The van der Waals surface area contributed by atoms with Crippen LogP contribution in [-0.4, -0.2) is 0 Å². The summed E-state index contributed by atoms with van der Waals surface area (Å²) in [6.45, 7) is 0. The number of rotatable bonds is 6. The Morgan fingerprint density at radius 1 is 0.317 bits per heavy atom. The maximum Gasteiger partial charge on any atom is 0.0540 e. The molecule has 0 atom stereocenters. The van der Waals surface area contributed by atoms with Gasteiger partial charge in [-0.05, 0) is 75.0 Å². The molecule has 194 valence electrons. The summed E-state index contributed by atoms with van der Waals surface area (Å²) in [5.74, 6) is 0. The summed E-state index contributed by atoms with van der Waals surface area (Å²) in [5.41, 5.74) is 10.6. The molecule has 0 aliphatic heterocycles. The highest BCUT2D eigenvalue weighted by atomic mass is 15.1. The van der Waals surface area contributed by atoms with Crippen LogP contribution in [0, 0.1) is 0 Å². The Morgan fingerprint density at radius 3 is 1.63 bits per heavy atom. The molecular weight excluding hydrogens is 494 g/mol. The van der Waals surface area contributed by atoms with Crippen molar-refractivity contribution >= 4 is 27.8 Å². The number of nitrogens with zero attached hydrogens (tertiary/aromatic N) is 1. The van der Waals surface area contributed by atoms with Crippen LogP contribution in [0.3, 0.4) is 0 Å². The topological polar surface area (TPSA) is 3.24 Å². The first kappa shape index (κ1) is 24.6. The highest BCUT2D eigenvalue weighted by Gasteiger charge is 2.17. The molecule has 0 amide bonds. The Labute approximate surface area is 241 Å². The molecule has 7 aromatic rings. The minimum Gasteiger partial charge on any atom is -0.310 e. The highest BCUT2D eigenvalue weighted by molar-refractivity contribution is 5.98. The molecule has 0 fully saturated rings. The molecular formula is C40H29N. The summed E-state index contributed by atoms with van der Waals surface area (Å²) in [7, 11) is 0. The molecule has 0 radical (unpaired) electrons. The van der Waals surface area contributed by atoms with E-state index in [0.29, 0.717) is 0 Å². The van der Waals surface area contributed by atoms with Crippen molar-refractivity contribution in [2.45, 2.75) is 0 Å². The molecule has 0 aliphatic rings. The maximum absolute atomic E-state index is 2.36. The van der Waals surface area contributed by atoms with Crippen LogP contribution in [0.25, 0.3) is 44.2 Å². The zero-order chi connectivity index (χ0) is 27.4. The van der Waals surface area contributed by atoms with E-state index in [4.69, 9.17) is 0 Å². The first-order chi connectivity index (χ1) is 20.3. The third kappa shape index (κ3) is 4.90. The van der Waals surface area contributed by atoms with E-state index in [1.807, 2.05) is 0 Å². The second kappa shape index (κ2) is 11.0. The van der Waals surface area contributed by atoms with Crippen molar-refractivity contribution in [1.29, 1.82) is 0 Å². The lowest BCUT2D eigenvalue weighted by Crippen LogP contribution is -2.11. The van der Waals surface area contributed by atoms with Crippen molar-refractivity contribution in [2.75, 3.05) is 4.90 Å². The molecule has 0 aliphatic carbocycles. The van der Waals surface area contributed by atoms with Crippen LogP contribution < -0.4 is 4.90 Å². The van der Waals surface area contributed by atoms with Crippen molar-refractivity contribution < 1.29 is 0 Å². The zero-order valence-electron chi connectivity index (χ0n) is 22.7. The van der Waals surface area contributed by atoms with Gasteiger partial charge in [0.05, 0.1) is 5.69 Å². The van der Waals surface area contributed by atoms with Crippen molar-refractivity contribution in [3.63, 3.8) is 0 Å². The van der Waals surface area contributed by atoms with Crippen LogP contribution in [0.1, 0.15) is 0 Å². The van der Waals surface area contributed by atoms with Gasteiger partial charge in [0.1, 0.15) is 0 Å². The largest absolute Gasteiger partial charge is 0.310 e. The third-order valence-electron chi connectivity index (χ3n) is 7.67. The van der Waals surface area contributed by atoms with Crippen LogP contribution in [0.2, 0.25) is 0 Å². The molecule has 1 heteroatoms. The van der Waals surface area contributed by atoms with E-state index in [1.165, 1.54) is 44.2 Å². The zero-order valence-corrected chi connectivity index (χ0v) is 22.7. The molecule has 0 unspecified atom stereocenters. The van der Waals surface area contributed by atoms with Crippen LogP contribution in [0.15, 0.2) is 176 Å². The van der Waals surface area contributed by atoms with Gasteiger partial charge in [-0.1, -0.05) is 140 Å². The Balaban J connectivity index is 1.35. The molecule has 7 aromatic carbocycles. The van der Waals surface area contributed by atoms with Gasteiger partial charge in [-0.3, -0.25) is 0 Å². The van der Waals surface area contributed by atoms with Crippen molar-refractivity contribution in [3.8, 4) is 33.4 Å². The van der Waals surface area contributed by atoms with Gasteiger partial charge < -0.3 is 4.90 Å². The molecule has 0 saturated heterocycles. The Hall–Kier alpha value is -5.40. The number of hydrogen-bond donors (Lipinski definition) is 0. The summed E-state index contributed by atoms with van der Waals surface area (Å²) in [4.78, 5) is 2.36. The summed E-state index contributed by atoms with van der Waals surface area (Å²) in [6, 6.07) is 62.8. The predicted octanol–water partition coefficient (Wildman–Crippen LogP) is 11.3. The van der Waals surface area contributed by atoms with E-state index < -0.39 is 0 Å². The average molecular weight is 524 g/mol. The minimum absolute atomic E-state index is 1.12. The van der Waals surface area contributed by atoms with Crippen LogP contribution in [-0.2, 0) is 0 Å². The fourth-order valence-electron chi connectivity index (χ4n) is 5.68. The third-order valence-corrected chi connectivity index (χ3v) is 7.67. The molecule has 0 heterocycles. The molecule has 0 aromatic heterocycles. The summed E-state index contributed by atoms with van der Waals surface area (Å²) < 4.78 is 0. The quantitative estimate of drug-likeness (QED) is 0.209. The smallest absolute Gasteiger partial charge is 0.0540 e. The first-order valence-electron chi connectivity index (χ1n) is 14.0. The van der Waals surface area contributed by atoms with Gasteiger partial charge in [0.15, 0.2) is 0 Å². The number of anilines is 3. The monoisotopic (exact) mass is 523 g/mol. The predicted molar refractivity (Wildman–Crippen MR) is 175 cm³/mol. The van der Waals surface area contributed by atoms with Crippen LogP contribution in [0.4, 0.5) is 17.1 Å². The van der Waals surface area contributed by atoms with Gasteiger partial charge in [0.25, 0.3) is 0 Å². The van der Waals surface area contributed by atoms with Crippen molar-refractivity contribution in [1.82, 2.24) is 0 Å². The second-order valence-electron chi connectivity index (χ2n) is 10.2. The van der Waals surface area contributed by atoms with Gasteiger partial charge in [0.2, 0.25) is 0 Å². The highest BCUT2D eigenvalue weighted by Crippen LogP contribution is 2.42. The Bertz CT molecular complexity index is 1920. The Kier molecular flexibility index (Phi) is 6.61.